The fourth-order valence-electron chi connectivity index (χ4n) is 1.91. The Morgan fingerprint density at radius 1 is 0.933 bits per heavy atom. The molecule has 0 saturated heterocycles. The first-order chi connectivity index (χ1) is 7.00. The molecule has 0 aliphatic heterocycles. The lowest BCUT2D eigenvalue weighted by atomic mass is 10.1. The Labute approximate surface area is 99.9 Å². The minimum atomic E-state index is 0.652. The molecule has 0 nitrogen and oxygen atoms in total. The maximum atomic E-state index is 2.36. The summed E-state index contributed by atoms with van der Waals surface area (Å²) in [5, 5.41) is 1.52. The topological polar surface area (TPSA) is 0 Å². The average molecular weight is 238 g/mol. The highest BCUT2D eigenvalue weighted by Gasteiger charge is 2.17. The highest BCUT2D eigenvalue weighted by Crippen LogP contribution is 2.43. The van der Waals surface area contributed by atoms with Crippen LogP contribution in [0.1, 0.15) is 54.2 Å². The van der Waals surface area contributed by atoms with Crippen molar-refractivity contribution in [2.24, 2.45) is 0 Å². The first-order valence-corrected chi connectivity index (χ1v) is 7.16. The molecular weight excluding hydrogens is 220 g/mol. The van der Waals surface area contributed by atoms with Crippen molar-refractivity contribution in [3.8, 4) is 0 Å². The second-order valence-electron chi connectivity index (χ2n) is 4.74. The second-order valence-corrected chi connectivity index (χ2v) is 7.08. The third-order valence-corrected chi connectivity index (χ3v) is 5.63. The Kier molecular flexibility index (Phi) is 2.91. The standard InChI is InChI=1S/C13H18S2/c1-7(2)11-10-6-9(5)14-13(10)12(15-11)8(3)4/h6-8H,1-5H3. The van der Waals surface area contributed by atoms with Gasteiger partial charge in [-0.25, -0.2) is 0 Å². The van der Waals surface area contributed by atoms with E-state index in [1.807, 2.05) is 22.7 Å². The molecule has 2 heterocycles. The molecule has 0 aliphatic carbocycles. The van der Waals surface area contributed by atoms with E-state index in [2.05, 4.69) is 40.7 Å². The fraction of sp³-hybridized carbons (Fsp3) is 0.538. The van der Waals surface area contributed by atoms with Crippen LogP contribution in [-0.2, 0) is 0 Å². The molecule has 0 atom stereocenters. The van der Waals surface area contributed by atoms with Crippen molar-refractivity contribution in [1.82, 2.24) is 0 Å². The fourth-order valence-corrected chi connectivity index (χ4v) is 4.52. The molecule has 0 amide bonds. The Hall–Kier alpha value is -0.340. The Balaban J connectivity index is 2.72. The molecule has 2 heteroatoms. The van der Waals surface area contributed by atoms with E-state index in [0.29, 0.717) is 11.8 Å². The summed E-state index contributed by atoms with van der Waals surface area (Å²) in [5.41, 5.74) is 0. The maximum absolute atomic E-state index is 2.36. The van der Waals surface area contributed by atoms with Crippen molar-refractivity contribution in [2.45, 2.75) is 46.5 Å². The molecule has 15 heavy (non-hydrogen) atoms. The number of hydrogen-bond acceptors (Lipinski definition) is 2. The van der Waals surface area contributed by atoms with E-state index in [1.54, 1.807) is 9.75 Å². The minimum Gasteiger partial charge on any atom is -0.143 e. The SMILES string of the molecule is Cc1cc2c(C(C)C)sc(C(C)C)c2s1. The summed E-state index contributed by atoms with van der Waals surface area (Å²) < 4.78 is 1.54. The number of hydrogen-bond donors (Lipinski definition) is 0. The van der Waals surface area contributed by atoms with Crippen molar-refractivity contribution in [3.63, 3.8) is 0 Å². The first-order valence-electron chi connectivity index (χ1n) is 5.53. The molecule has 0 aliphatic rings. The van der Waals surface area contributed by atoms with Crippen LogP contribution < -0.4 is 0 Å². The van der Waals surface area contributed by atoms with Crippen LogP contribution in [0.15, 0.2) is 6.07 Å². The van der Waals surface area contributed by atoms with E-state index >= 15 is 0 Å². The van der Waals surface area contributed by atoms with Gasteiger partial charge in [0.25, 0.3) is 0 Å². The third kappa shape index (κ3) is 1.85. The normalized spacial score (nSPS) is 12.2. The van der Waals surface area contributed by atoms with Gasteiger partial charge in [-0.05, 0) is 24.8 Å². The number of fused-ring (bicyclic) bond motifs is 1. The highest BCUT2D eigenvalue weighted by molar-refractivity contribution is 7.24. The van der Waals surface area contributed by atoms with Gasteiger partial charge in [0.15, 0.2) is 0 Å². The van der Waals surface area contributed by atoms with E-state index in [4.69, 9.17) is 0 Å². The first kappa shape index (κ1) is 11.2. The Bertz CT molecular complexity index is 431. The number of thiophene rings is 2. The molecule has 0 aromatic carbocycles. The van der Waals surface area contributed by atoms with Gasteiger partial charge in [-0.3, -0.25) is 0 Å². The quantitative estimate of drug-likeness (QED) is 0.646. The average Bonchev–Trinajstić information content (AvgIpc) is 2.59. The van der Waals surface area contributed by atoms with Gasteiger partial charge >= 0.3 is 0 Å². The van der Waals surface area contributed by atoms with Crippen LogP contribution in [-0.4, -0.2) is 0 Å². The molecule has 0 saturated carbocycles. The molecule has 0 N–H and O–H groups in total. The van der Waals surface area contributed by atoms with Crippen LogP contribution in [0.2, 0.25) is 0 Å². The van der Waals surface area contributed by atoms with Crippen molar-refractivity contribution in [2.75, 3.05) is 0 Å². The highest BCUT2D eigenvalue weighted by atomic mass is 32.1. The minimum absolute atomic E-state index is 0.652. The number of rotatable bonds is 2. The van der Waals surface area contributed by atoms with Gasteiger partial charge in [0, 0.05) is 24.7 Å². The molecule has 0 unspecified atom stereocenters. The van der Waals surface area contributed by atoms with Crippen molar-refractivity contribution < 1.29 is 0 Å². The lowest BCUT2D eigenvalue weighted by Gasteiger charge is -2.01. The van der Waals surface area contributed by atoms with E-state index in [1.165, 1.54) is 15.0 Å². The van der Waals surface area contributed by atoms with E-state index < -0.39 is 0 Å². The van der Waals surface area contributed by atoms with Gasteiger partial charge in [-0.15, -0.1) is 22.7 Å². The van der Waals surface area contributed by atoms with Crippen LogP contribution >= 0.6 is 22.7 Å². The summed E-state index contributed by atoms with van der Waals surface area (Å²) in [6.07, 6.45) is 0. The molecule has 2 aromatic heterocycles. The molecule has 0 bridgehead atoms. The van der Waals surface area contributed by atoms with E-state index in [0.717, 1.165) is 0 Å². The van der Waals surface area contributed by atoms with Gasteiger partial charge < -0.3 is 0 Å². The van der Waals surface area contributed by atoms with Crippen molar-refractivity contribution in [3.05, 3.63) is 20.7 Å². The number of aryl methyl sites for hydroxylation is 1. The van der Waals surface area contributed by atoms with Crippen LogP contribution in [0, 0.1) is 6.92 Å². The summed E-state index contributed by atoms with van der Waals surface area (Å²) in [7, 11) is 0. The summed E-state index contributed by atoms with van der Waals surface area (Å²) in [6, 6.07) is 2.36. The van der Waals surface area contributed by atoms with E-state index in [-0.39, 0.29) is 0 Å². The summed E-state index contributed by atoms with van der Waals surface area (Å²) in [4.78, 5) is 4.58. The molecule has 0 fully saturated rings. The molecule has 2 rings (SSSR count). The summed E-state index contributed by atoms with van der Waals surface area (Å²) in [6.45, 7) is 11.4. The molecule has 0 radical (unpaired) electrons. The van der Waals surface area contributed by atoms with E-state index in [9.17, 15) is 0 Å². The largest absolute Gasteiger partial charge is 0.143 e. The molecular formula is C13H18S2. The lowest BCUT2D eigenvalue weighted by molar-refractivity contribution is 0.892. The van der Waals surface area contributed by atoms with Crippen LogP contribution in [0.4, 0.5) is 0 Å². The predicted octanol–water partition coefficient (Wildman–Crippen LogP) is 5.52. The Morgan fingerprint density at radius 2 is 1.53 bits per heavy atom. The monoisotopic (exact) mass is 238 g/mol. The second kappa shape index (κ2) is 3.91. The van der Waals surface area contributed by atoms with Gasteiger partial charge in [-0.1, -0.05) is 27.7 Å². The Morgan fingerprint density at radius 3 is 2.07 bits per heavy atom. The van der Waals surface area contributed by atoms with Crippen molar-refractivity contribution in [1.29, 1.82) is 0 Å². The maximum Gasteiger partial charge on any atom is 0.0490 e. The van der Waals surface area contributed by atoms with Gasteiger partial charge in [-0.2, -0.15) is 0 Å². The smallest absolute Gasteiger partial charge is 0.0490 e. The third-order valence-electron chi connectivity index (χ3n) is 2.61. The van der Waals surface area contributed by atoms with Crippen LogP contribution in [0.25, 0.3) is 10.1 Å². The van der Waals surface area contributed by atoms with Gasteiger partial charge in [0.2, 0.25) is 0 Å². The lowest BCUT2D eigenvalue weighted by Crippen LogP contribution is -1.81. The van der Waals surface area contributed by atoms with Gasteiger partial charge in [0.05, 0.1) is 0 Å². The zero-order valence-electron chi connectivity index (χ0n) is 10.0. The van der Waals surface area contributed by atoms with Crippen LogP contribution in [0.5, 0.6) is 0 Å². The van der Waals surface area contributed by atoms with Crippen LogP contribution in [0.3, 0.4) is 0 Å². The molecule has 82 valence electrons. The summed E-state index contributed by atoms with van der Waals surface area (Å²) >= 11 is 3.97. The van der Waals surface area contributed by atoms with Crippen molar-refractivity contribution >= 4 is 32.8 Å². The molecule has 0 spiro atoms. The summed E-state index contributed by atoms with van der Waals surface area (Å²) in [5.74, 6) is 1.31. The molecule has 2 aromatic rings. The van der Waals surface area contributed by atoms with Gasteiger partial charge in [0.1, 0.15) is 0 Å². The zero-order chi connectivity index (χ0) is 11.2. The zero-order valence-corrected chi connectivity index (χ0v) is 11.7. The predicted molar refractivity (Wildman–Crippen MR) is 72.6 cm³/mol.